The monoisotopic (exact) mass is 852 g/mol. The van der Waals surface area contributed by atoms with Crippen LogP contribution in [0.25, 0.3) is 0 Å². The average molecular weight is 853 g/mol. The van der Waals surface area contributed by atoms with Gasteiger partial charge in [-0.2, -0.15) is 0 Å². The first kappa shape index (κ1) is 45.8. The zero-order chi connectivity index (χ0) is 43.2. The molecule has 58 heavy (non-hydrogen) atoms. The number of carbonyl (C=O) groups excluding carboxylic acids is 8. The highest BCUT2D eigenvalue weighted by molar-refractivity contribution is 8.00. The first-order valence-electron chi connectivity index (χ1n) is 17.8. The van der Waals surface area contributed by atoms with Gasteiger partial charge in [-0.1, -0.05) is 23.4 Å². The Morgan fingerprint density at radius 1 is 0.690 bits per heavy atom. The number of hydrogen-bond donors (Lipinski definition) is 2. The number of esters is 6. The first-order valence-corrected chi connectivity index (χ1v) is 19.6. The van der Waals surface area contributed by atoms with Gasteiger partial charge in [-0.05, 0) is 32.4 Å². The number of Topliss-reactive ketones (excluding diaryl/α,β-unsaturated/α-hetero) is 1. The highest BCUT2D eigenvalue weighted by Crippen LogP contribution is 2.47. The van der Waals surface area contributed by atoms with Gasteiger partial charge in [-0.3, -0.25) is 38.4 Å². The zero-order valence-corrected chi connectivity index (χ0v) is 34.4. The Morgan fingerprint density at radius 2 is 1.14 bits per heavy atom. The Balaban J connectivity index is 1.72. The van der Waals surface area contributed by atoms with Gasteiger partial charge in [0.2, 0.25) is 0 Å². The molecular weight excluding hydrogens is 809 g/mol. The predicted molar refractivity (Wildman–Crippen MR) is 201 cm³/mol. The smallest absolute Gasteiger partial charge is 0.303 e. The maximum atomic E-state index is 14.3. The highest BCUT2D eigenvalue weighted by Gasteiger charge is 2.50. The van der Waals surface area contributed by atoms with Crippen LogP contribution in [0.3, 0.4) is 0 Å². The number of allylic oxidation sites excluding steroid dienone is 3. The number of phenolic OH excluding ortho intramolecular Hbond substituents is 2. The predicted octanol–water partition coefficient (Wildman–Crippen LogP) is 3.26. The summed E-state index contributed by atoms with van der Waals surface area (Å²) in [6.07, 6.45) is -4.86. The Labute approximate surface area is 341 Å². The van der Waals surface area contributed by atoms with E-state index in [-0.39, 0.29) is 30.1 Å². The summed E-state index contributed by atoms with van der Waals surface area (Å²) in [5.41, 5.74) is -2.73. The van der Waals surface area contributed by atoms with E-state index < -0.39 is 123 Å². The summed E-state index contributed by atoms with van der Waals surface area (Å²) in [5.74, 6) is -7.73. The van der Waals surface area contributed by atoms with Crippen LogP contribution in [0.5, 0.6) is 11.5 Å². The molecule has 2 N–H and O–H groups in total. The van der Waals surface area contributed by atoms with E-state index in [1.54, 1.807) is 19.9 Å². The van der Waals surface area contributed by atoms with Crippen molar-refractivity contribution in [1.82, 2.24) is 0 Å². The van der Waals surface area contributed by atoms with Crippen LogP contribution in [0.4, 0.5) is 0 Å². The lowest BCUT2D eigenvalue weighted by atomic mass is 9.86. The molecule has 2 fully saturated rings. The molecule has 2 aliphatic heterocycles. The van der Waals surface area contributed by atoms with E-state index in [9.17, 15) is 48.6 Å². The summed E-state index contributed by atoms with van der Waals surface area (Å²) in [4.78, 5) is 100. The van der Waals surface area contributed by atoms with E-state index in [0.29, 0.717) is 11.8 Å². The molecule has 1 unspecified atom stereocenters. The number of aromatic hydroxyl groups is 2. The van der Waals surface area contributed by atoms with E-state index in [4.69, 9.17) is 37.9 Å². The van der Waals surface area contributed by atoms with Crippen molar-refractivity contribution in [3.63, 3.8) is 0 Å². The summed E-state index contributed by atoms with van der Waals surface area (Å²) in [6, 6.07) is 1.01. The number of fused-ring (bicyclic) bond motifs is 1. The van der Waals surface area contributed by atoms with Gasteiger partial charge in [0.1, 0.15) is 22.4 Å². The van der Waals surface area contributed by atoms with Gasteiger partial charge in [0.25, 0.3) is 0 Å². The minimum Gasteiger partial charge on any atom is -0.507 e. The second-order valence-electron chi connectivity index (χ2n) is 13.5. The number of carbonyl (C=O) groups is 8. The Hall–Kier alpha value is -4.92. The fraction of sp³-hybridized carbons (Fsp3) is 0.526. The van der Waals surface area contributed by atoms with Crippen LogP contribution in [-0.2, 0) is 66.7 Å². The van der Waals surface area contributed by atoms with Crippen molar-refractivity contribution < 1.29 is 86.5 Å². The van der Waals surface area contributed by atoms with E-state index in [2.05, 4.69) is 0 Å². The minimum atomic E-state index is -1.42. The van der Waals surface area contributed by atoms with Crippen LogP contribution >= 0.6 is 23.5 Å². The van der Waals surface area contributed by atoms with E-state index in [1.807, 2.05) is 0 Å². The average Bonchev–Trinajstić information content (AvgIpc) is 3.09. The van der Waals surface area contributed by atoms with Gasteiger partial charge < -0.3 is 48.1 Å². The summed E-state index contributed by atoms with van der Waals surface area (Å²) in [5, 5.41) is 21.9. The second-order valence-corrected chi connectivity index (χ2v) is 16.0. The van der Waals surface area contributed by atoms with E-state index in [1.165, 1.54) is 0 Å². The Morgan fingerprint density at radius 3 is 1.60 bits per heavy atom. The SMILES string of the molecule is CC(=O)O[C@@H]1[C@@H](OC(C)=O)[C@H](Sc2cc(O)c3c(c2O)C(=O)C=C([C@@H](CC=C(C)C)SC2OC[C@@H](OC(C)=O)[C@H](OC(C)=O)[C@H]2OC(C)=O)C3=O)OC[C@H]1OC(C)=O. The number of rotatable bonds is 13. The number of thioether (sulfide) groups is 2. The normalized spacial score (nSPS) is 25.8. The topological polar surface area (TPSA) is 251 Å². The summed E-state index contributed by atoms with van der Waals surface area (Å²) in [7, 11) is 0. The molecule has 1 aliphatic carbocycles. The molecule has 4 rings (SSSR count). The van der Waals surface area contributed by atoms with Crippen molar-refractivity contribution in [3.8, 4) is 11.5 Å². The molecule has 316 valence electrons. The number of ether oxygens (including phenoxy) is 8. The van der Waals surface area contributed by atoms with Crippen molar-refractivity contribution in [1.29, 1.82) is 0 Å². The van der Waals surface area contributed by atoms with Gasteiger partial charge in [-0.25, -0.2) is 0 Å². The van der Waals surface area contributed by atoms with Crippen LogP contribution < -0.4 is 0 Å². The third kappa shape index (κ3) is 11.4. The van der Waals surface area contributed by atoms with Gasteiger partial charge >= 0.3 is 35.8 Å². The Kier molecular flexibility index (Phi) is 15.5. The standard InChI is InChI=1S/C38H44O18S2/c1-15(2)9-10-27(57-37-35(55-20(7)43)33(53-18(5)41)25(13-49-37)51-16(3)39)22-11-23(45)30-29(31(22)47)24(46)12-28(32(30)48)58-38-36(56-21(8)44)34(54-19(6)42)26(14-50-38)52-17(4)40/h9,11-12,25-27,33-38,46,48H,10,13-14H2,1-8H3/t25-,26-,27-,33+,34+,35-,36-,37?,38+/m1/s1. The number of hydrogen-bond acceptors (Lipinski definition) is 20. The molecule has 1 aromatic rings. The van der Waals surface area contributed by atoms with Crippen molar-refractivity contribution in [2.75, 3.05) is 13.2 Å². The van der Waals surface area contributed by atoms with Gasteiger partial charge in [0.15, 0.2) is 48.2 Å². The van der Waals surface area contributed by atoms with Crippen LogP contribution in [0.1, 0.15) is 82.5 Å². The summed E-state index contributed by atoms with van der Waals surface area (Å²) >= 11 is 1.63. The van der Waals surface area contributed by atoms with Crippen LogP contribution in [-0.4, -0.2) is 124 Å². The molecule has 0 radical (unpaired) electrons. The molecule has 0 amide bonds. The number of ketones is 2. The number of phenols is 2. The Bertz CT molecular complexity index is 1900. The molecule has 0 spiro atoms. The fourth-order valence-corrected chi connectivity index (χ4v) is 8.89. The van der Waals surface area contributed by atoms with Crippen LogP contribution in [0, 0.1) is 0 Å². The maximum absolute atomic E-state index is 14.3. The minimum absolute atomic E-state index is 0.112. The van der Waals surface area contributed by atoms with Gasteiger partial charge in [0, 0.05) is 52.4 Å². The molecule has 3 aliphatic rings. The van der Waals surface area contributed by atoms with Crippen molar-refractivity contribution >= 4 is 70.9 Å². The molecular formula is C38H44O18S2. The molecule has 2 saturated heterocycles. The largest absolute Gasteiger partial charge is 0.507 e. The lowest BCUT2D eigenvalue weighted by molar-refractivity contribution is -0.213. The molecule has 9 atom stereocenters. The quantitative estimate of drug-likeness (QED) is 0.125. The molecule has 2 heterocycles. The molecule has 0 bridgehead atoms. The number of benzene rings is 1. The third-order valence-electron chi connectivity index (χ3n) is 8.50. The van der Waals surface area contributed by atoms with Crippen molar-refractivity contribution in [3.05, 3.63) is 40.5 Å². The van der Waals surface area contributed by atoms with Gasteiger partial charge in [-0.15, -0.1) is 11.8 Å². The molecule has 1 aromatic carbocycles. The zero-order valence-electron chi connectivity index (χ0n) is 32.8. The molecule has 18 nitrogen and oxygen atoms in total. The lowest BCUT2D eigenvalue weighted by Gasteiger charge is -2.41. The molecule has 0 aromatic heterocycles. The van der Waals surface area contributed by atoms with E-state index in [0.717, 1.165) is 71.0 Å². The van der Waals surface area contributed by atoms with E-state index >= 15 is 0 Å². The van der Waals surface area contributed by atoms with Crippen LogP contribution in [0.2, 0.25) is 0 Å². The maximum Gasteiger partial charge on any atom is 0.303 e. The van der Waals surface area contributed by atoms with Gasteiger partial charge in [0.05, 0.1) is 29.2 Å². The van der Waals surface area contributed by atoms with Crippen LogP contribution in [0.15, 0.2) is 34.3 Å². The first-order chi connectivity index (χ1) is 27.2. The molecule has 20 heteroatoms. The fourth-order valence-electron chi connectivity index (χ4n) is 6.38. The summed E-state index contributed by atoms with van der Waals surface area (Å²) in [6.45, 7) is 9.63. The summed E-state index contributed by atoms with van der Waals surface area (Å²) < 4.78 is 44.1. The molecule has 0 saturated carbocycles. The van der Waals surface area contributed by atoms with Crippen molar-refractivity contribution in [2.24, 2.45) is 0 Å². The lowest BCUT2D eigenvalue weighted by Crippen LogP contribution is -2.56. The second kappa shape index (κ2) is 19.7. The van der Waals surface area contributed by atoms with Crippen molar-refractivity contribution in [2.45, 2.75) is 119 Å². The highest BCUT2D eigenvalue weighted by atomic mass is 32.2. The third-order valence-corrected chi connectivity index (χ3v) is 11.2.